The molecule has 0 aromatic heterocycles. The van der Waals surface area contributed by atoms with Crippen LogP contribution >= 0.6 is 0 Å². The first-order valence-corrected chi connectivity index (χ1v) is 11.2. The van der Waals surface area contributed by atoms with Crippen molar-refractivity contribution < 1.29 is 22.0 Å². The van der Waals surface area contributed by atoms with E-state index in [4.69, 9.17) is 0 Å². The number of halogens is 5. The molecule has 1 aliphatic rings. The second-order valence-electron chi connectivity index (χ2n) is 8.45. The molecule has 0 aliphatic heterocycles. The average Bonchev–Trinajstić information content (AvgIpc) is 2.77. The predicted molar refractivity (Wildman–Crippen MR) is 116 cm³/mol. The van der Waals surface area contributed by atoms with Gasteiger partial charge in [0.2, 0.25) is 0 Å². The van der Waals surface area contributed by atoms with E-state index in [-0.39, 0.29) is 5.39 Å². The zero-order valence-electron chi connectivity index (χ0n) is 18.1. The normalized spacial score (nSPS) is 20.5. The molecule has 0 radical (unpaired) electrons. The summed E-state index contributed by atoms with van der Waals surface area (Å²) in [4.78, 5) is 0. The zero-order valence-corrected chi connectivity index (χ0v) is 18.1. The Balaban J connectivity index is 1.94. The Morgan fingerprint density at radius 2 is 1.68 bits per heavy atom. The molecule has 0 bridgehead atoms. The quantitative estimate of drug-likeness (QED) is 0.231. The number of rotatable bonds is 7. The van der Waals surface area contributed by atoms with E-state index in [1.807, 2.05) is 19.9 Å². The number of allylic oxidation sites excluding steroid dienone is 3. The minimum Gasteiger partial charge on any atom is -0.208 e. The molecule has 1 fully saturated rings. The van der Waals surface area contributed by atoms with Crippen molar-refractivity contribution in [1.29, 1.82) is 0 Å². The Kier molecular flexibility index (Phi) is 7.90. The molecule has 0 nitrogen and oxygen atoms in total. The van der Waals surface area contributed by atoms with Gasteiger partial charge in [0.25, 0.3) is 0 Å². The predicted octanol–water partition coefficient (Wildman–Crippen LogP) is 8.98. The number of benzene rings is 2. The molecule has 0 amide bonds. The van der Waals surface area contributed by atoms with E-state index in [9.17, 15) is 22.0 Å². The van der Waals surface area contributed by atoms with E-state index < -0.39 is 46.0 Å². The highest BCUT2D eigenvalue weighted by Gasteiger charge is 2.28. The van der Waals surface area contributed by atoms with Gasteiger partial charge in [-0.3, -0.25) is 0 Å². The molecule has 0 spiro atoms. The van der Waals surface area contributed by atoms with E-state index in [1.165, 1.54) is 12.1 Å². The highest BCUT2D eigenvalue weighted by atomic mass is 19.2. The fourth-order valence-electron chi connectivity index (χ4n) is 4.49. The van der Waals surface area contributed by atoms with Crippen molar-refractivity contribution in [1.82, 2.24) is 0 Å². The largest absolute Gasteiger partial charge is 0.208 e. The number of unbranched alkanes of at least 4 members (excludes halogenated alkanes) is 2. The average molecular weight is 437 g/mol. The van der Waals surface area contributed by atoms with Crippen molar-refractivity contribution in [3.8, 4) is 0 Å². The van der Waals surface area contributed by atoms with Gasteiger partial charge < -0.3 is 0 Å². The molecule has 2 aromatic rings. The van der Waals surface area contributed by atoms with Crippen molar-refractivity contribution in [2.24, 2.45) is 11.8 Å². The second-order valence-corrected chi connectivity index (χ2v) is 8.45. The number of fused-ring (bicyclic) bond motifs is 1. The van der Waals surface area contributed by atoms with Crippen LogP contribution in [-0.4, -0.2) is 0 Å². The molecule has 0 atom stereocenters. The Hall–Kier alpha value is -2.17. The van der Waals surface area contributed by atoms with Gasteiger partial charge in [0, 0.05) is 5.92 Å². The van der Waals surface area contributed by atoms with E-state index >= 15 is 0 Å². The first-order valence-electron chi connectivity index (χ1n) is 11.2. The number of hydrogen-bond acceptors (Lipinski definition) is 0. The third kappa shape index (κ3) is 5.02. The summed E-state index contributed by atoms with van der Waals surface area (Å²) in [7, 11) is 0. The van der Waals surface area contributed by atoms with Crippen LogP contribution in [-0.2, 0) is 6.42 Å². The molecular weight excluding hydrogens is 407 g/mol. The van der Waals surface area contributed by atoms with Gasteiger partial charge in [-0.2, -0.15) is 0 Å². The van der Waals surface area contributed by atoms with Gasteiger partial charge in [-0.1, -0.05) is 44.1 Å². The number of hydrogen-bond donors (Lipinski definition) is 0. The molecule has 0 heterocycles. The Morgan fingerprint density at radius 3 is 2.32 bits per heavy atom. The Labute approximate surface area is 180 Å². The molecule has 1 saturated carbocycles. The maximum Gasteiger partial charge on any atom is 0.170 e. The maximum absolute atomic E-state index is 14.9. The van der Waals surface area contributed by atoms with Crippen LogP contribution in [0.5, 0.6) is 0 Å². The lowest BCUT2D eigenvalue weighted by atomic mass is 9.81. The van der Waals surface area contributed by atoms with Gasteiger partial charge in [0.15, 0.2) is 17.5 Å². The lowest BCUT2D eigenvalue weighted by Crippen LogP contribution is -2.14. The highest BCUT2D eigenvalue weighted by Crippen LogP contribution is 2.40. The summed E-state index contributed by atoms with van der Waals surface area (Å²) in [6.07, 6.45) is 9.33. The molecule has 3 rings (SSSR count). The van der Waals surface area contributed by atoms with Crippen LogP contribution in [0.15, 0.2) is 36.2 Å². The first-order chi connectivity index (χ1) is 14.9. The minimum absolute atomic E-state index is 0.0189. The van der Waals surface area contributed by atoms with E-state index in [0.717, 1.165) is 38.2 Å². The van der Waals surface area contributed by atoms with Crippen LogP contribution < -0.4 is 0 Å². The van der Waals surface area contributed by atoms with Crippen molar-refractivity contribution >= 4 is 16.6 Å². The summed E-state index contributed by atoms with van der Waals surface area (Å²) in [5.74, 6) is -6.61. The Bertz CT molecular complexity index is 981. The third-order valence-electron chi connectivity index (χ3n) is 6.29. The van der Waals surface area contributed by atoms with Crippen LogP contribution in [0.25, 0.3) is 16.6 Å². The minimum atomic E-state index is -1.55. The fraction of sp³-hybridized carbons (Fsp3) is 0.462. The molecule has 0 N–H and O–H groups in total. The van der Waals surface area contributed by atoms with Crippen LogP contribution in [0.4, 0.5) is 22.0 Å². The lowest BCUT2D eigenvalue weighted by molar-refractivity contribution is 0.304. The van der Waals surface area contributed by atoms with Crippen molar-refractivity contribution in [3.05, 3.63) is 64.8 Å². The van der Waals surface area contributed by atoms with Gasteiger partial charge in [0.1, 0.15) is 11.6 Å². The smallest absolute Gasteiger partial charge is 0.170 e. The fourth-order valence-corrected chi connectivity index (χ4v) is 4.49. The van der Waals surface area contributed by atoms with E-state index in [1.54, 1.807) is 0 Å². The summed E-state index contributed by atoms with van der Waals surface area (Å²) >= 11 is 0. The van der Waals surface area contributed by atoms with E-state index in [2.05, 4.69) is 6.08 Å². The summed E-state index contributed by atoms with van der Waals surface area (Å²) in [5.41, 5.74) is -0.483. The molecule has 5 heteroatoms. The summed E-state index contributed by atoms with van der Waals surface area (Å²) in [5, 5.41) is -0.485. The van der Waals surface area contributed by atoms with Gasteiger partial charge in [-0.25, -0.2) is 22.0 Å². The molecule has 1 aliphatic carbocycles. The van der Waals surface area contributed by atoms with Crippen LogP contribution in [0, 0.1) is 29.3 Å². The molecule has 31 heavy (non-hydrogen) atoms. The van der Waals surface area contributed by atoms with Crippen LogP contribution in [0.2, 0.25) is 0 Å². The molecular formula is C26H29F5. The van der Waals surface area contributed by atoms with Gasteiger partial charge in [-0.15, -0.1) is 0 Å². The lowest BCUT2D eigenvalue weighted by Gasteiger charge is -2.26. The van der Waals surface area contributed by atoms with Crippen molar-refractivity contribution in [2.75, 3.05) is 0 Å². The first kappa shape index (κ1) is 23.5. The standard InChI is InChI=1S/C26H29F5/c1-3-5-6-8-17-13-14-19-15-20(25(30)26(31)21(19)22(17)27)24(29)23(28)18-11-9-16(7-4-2)10-12-18/h4,7,13-16,18H,3,5-6,8-12H2,1-2H3/b7-4+,24-23?. The van der Waals surface area contributed by atoms with Gasteiger partial charge >= 0.3 is 0 Å². The molecule has 0 unspecified atom stereocenters. The summed E-state index contributed by atoms with van der Waals surface area (Å²) in [6, 6.07) is 3.96. The SMILES string of the molecule is C/C=C/C1CCC(C(F)=C(F)c2cc3ccc(CCCCC)c(F)c3c(F)c2F)CC1. The van der Waals surface area contributed by atoms with E-state index in [0.29, 0.717) is 30.7 Å². The van der Waals surface area contributed by atoms with Gasteiger partial charge in [0.05, 0.1) is 10.9 Å². The molecule has 168 valence electrons. The second kappa shape index (κ2) is 10.4. The third-order valence-corrected chi connectivity index (χ3v) is 6.29. The molecule has 2 aromatic carbocycles. The van der Waals surface area contributed by atoms with Crippen LogP contribution in [0.1, 0.15) is 69.9 Å². The topological polar surface area (TPSA) is 0 Å². The Morgan fingerprint density at radius 1 is 0.968 bits per heavy atom. The summed E-state index contributed by atoms with van der Waals surface area (Å²) < 4.78 is 74.0. The summed E-state index contributed by atoms with van der Waals surface area (Å²) in [6.45, 7) is 3.93. The van der Waals surface area contributed by atoms with Crippen molar-refractivity contribution in [2.45, 2.75) is 65.2 Å². The van der Waals surface area contributed by atoms with Crippen LogP contribution in [0.3, 0.4) is 0 Å². The van der Waals surface area contributed by atoms with Crippen molar-refractivity contribution in [3.63, 3.8) is 0 Å². The highest BCUT2D eigenvalue weighted by molar-refractivity contribution is 5.88. The zero-order chi connectivity index (χ0) is 22.5. The molecule has 0 saturated heterocycles. The monoisotopic (exact) mass is 436 g/mol. The van der Waals surface area contributed by atoms with Gasteiger partial charge in [-0.05, 0) is 68.4 Å². The maximum atomic E-state index is 14.9. The number of aryl methyl sites for hydroxylation is 1.